The first-order valence-corrected chi connectivity index (χ1v) is 5.62. The normalized spacial score (nSPS) is 10.4. The van der Waals surface area contributed by atoms with Crippen molar-refractivity contribution in [2.75, 3.05) is 11.2 Å². The summed E-state index contributed by atoms with van der Waals surface area (Å²) in [6.45, 7) is 4.28. The predicted molar refractivity (Wildman–Crippen MR) is 64.5 cm³/mol. The van der Waals surface area contributed by atoms with Crippen LogP contribution in [0.4, 0.5) is 5.69 Å². The van der Waals surface area contributed by atoms with Crippen LogP contribution in [-0.2, 0) is 4.79 Å². The van der Waals surface area contributed by atoms with Crippen molar-refractivity contribution >= 4 is 23.2 Å². The lowest BCUT2D eigenvalue weighted by Gasteiger charge is -2.07. The lowest BCUT2D eigenvalue weighted by Crippen LogP contribution is -2.11. The Morgan fingerprint density at radius 3 is 2.40 bits per heavy atom. The van der Waals surface area contributed by atoms with Gasteiger partial charge < -0.3 is 5.32 Å². The van der Waals surface area contributed by atoms with E-state index in [0.29, 0.717) is 18.2 Å². The van der Waals surface area contributed by atoms with Crippen LogP contribution in [0.2, 0.25) is 0 Å². The SMILES string of the molecule is CC(C)c1ccc(NC(=O)CCCl)cc1. The Bertz CT molecular complexity index is 319. The van der Waals surface area contributed by atoms with Crippen molar-refractivity contribution in [1.29, 1.82) is 0 Å². The Hall–Kier alpha value is -1.02. The standard InChI is InChI=1S/C12H16ClNO/c1-9(2)10-3-5-11(6-4-10)14-12(15)7-8-13/h3-6,9H,7-8H2,1-2H3,(H,14,15). The molecule has 1 aromatic rings. The van der Waals surface area contributed by atoms with E-state index < -0.39 is 0 Å². The van der Waals surface area contributed by atoms with Gasteiger partial charge in [0.1, 0.15) is 0 Å². The van der Waals surface area contributed by atoms with Gasteiger partial charge in [0.05, 0.1) is 0 Å². The number of carbonyl (C=O) groups is 1. The molecule has 15 heavy (non-hydrogen) atoms. The van der Waals surface area contributed by atoms with Crippen molar-refractivity contribution < 1.29 is 4.79 Å². The summed E-state index contributed by atoms with van der Waals surface area (Å²) in [6.07, 6.45) is 0.355. The summed E-state index contributed by atoms with van der Waals surface area (Å²) >= 11 is 5.47. The molecule has 0 saturated heterocycles. The van der Waals surface area contributed by atoms with E-state index in [1.807, 2.05) is 24.3 Å². The molecule has 0 aliphatic heterocycles. The summed E-state index contributed by atoms with van der Waals surface area (Å²) in [6, 6.07) is 7.89. The Morgan fingerprint density at radius 1 is 1.33 bits per heavy atom. The summed E-state index contributed by atoms with van der Waals surface area (Å²) in [4.78, 5) is 11.2. The van der Waals surface area contributed by atoms with Crippen molar-refractivity contribution in [3.8, 4) is 0 Å². The number of hydrogen-bond acceptors (Lipinski definition) is 1. The molecule has 0 atom stereocenters. The average molecular weight is 226 g/mol. The van der Waals surface area contributed by atoms with Gasteiger partial charge in [-0.25, -0.2) is 0 Å². The van der Waals surface area contributed by atoms with Gasteiger partial charge in [0.2, 0.25) is 5.91 Å². The highest BCUT2D eigenvalue weighted by molar-refractivity contribution is 6.19. The van der Waals surface area contributed by atoms with Gasteiger partial charge in [-0.15, -0.1) is 11.6 Å². The van der Waals surface area contributed by atoms with Crippen molar-refractivity contribution in [3.63, 3.8) is 0 Å². The summed E-state index contributed by atoms with van der Waals surface area (Å²) in [5.74, 6) is 0.829. The van der Waals surface area contributed by atoms with Crippen LogP contribution in [0.3, 0.4) is 0 Å². The first-order valence-electron chi connectivity index (χ1n) is 5.09. The minimum absolute atomic E-state index is 0.0395. The first-order chi connectivity index (χ1) is 7.13. The summed E-state index contributed by atoms with van der Waals surface area (Å²) in [5, 5.41) is 2.79. The number of carbonyl (C=O) groups excluding carboxylic acids is 1. The Labute approximate surface area is 95.6 Å². The molecule has 0 spiro atoms. The van der Waals surface area contributed by atoms with E-state index in [0.717, 1.165) is 5.69 Å². The van der Waals surface area contributed by atoms with E-state index in [4.69, 9.17) is 11.6 Å². The molecule has 0 saturated carbocycles. The largest absolute Gasteiger partial charge is 0.326 e. The minimum Gasteiger partial charge on any atom is -0.326 e. The number of hydrogen-bond donors (Lipinski definition) is 1. The maximum absolute atomic E-state index is 11.2. The fourth-order valence-electron chi connectivity index (χ4n) is 1.26. The van der Waals surface area contributed by atoms with Crippen LogP contribution in [0.5, 0.6) is 0 Å². The fourth-order valence-corrected chi connectivity index (χ4v) is 1.43. The molecule has 1 N–H and O–H groups in total. The molecule has 0 aliphatic carbocycles. The van der Waals surface area contributed by atoms with Crippen LogP contribution in [0.1, 0.15) is 31.7 Å². The number of anilines is 1. The quantitative estimate of drug-likeness (QED) is 0.783. The maximum Gasteiger partial charge on any atom is 0.225 e. The van der Waals surface area contributed by atoms with Gasteiger partial charge in [-0.05, 0) is 23.6 Å². The highest BCUT2D eigenvalue weighted by atomic mass is 35.5. The molecule has 2 nitrogen and oxygen atoms in total. The van der Waals surface area contributed by atoms with E-state index in [9.17, 15) is 4.79 Å². The van der Waals surface area contributed by atoms with Gasteiger partial charge in [-0.3, -0.25) is 4.79 Å². The van der Waals surface area contributed by atoms with Gasteiger partial charge in [0.25, 0.3) is 0 Å². The topological polar surface area (TPSA) is 29.1 Å². The number of halogens is 1. The van der Waals surface area contributed by atoms with E-state index in [2.05, 4.69) is 19.2 Å². The molecule has 1 amide bonds. The molecule has 82 valence electrons. The Balaban J connectivity index is 2.60. The molecule has 1 rings (SSSR count). The number of benzene rings is 1. The molecule has 0 radical (unpaired) electrons. The third-order valence-corrected chi connectivity index (χ3v) is 2.37. The van der Waals surface area contributed by atoms with Crippen LogP contribution in [0.25, 0.3) is 0 Å². The van der Waals surface area contributed by atoms with Crippen LogP contribution in [-0.4, -0.2) is 11.8 Å². The fraction of sp³-hybridized carbons (Fsp3) is 0.417. The van der Waals surface area contributed by atoms with Crippen LogP contribution in [0.15, 0.2) is 24.3 Å². The lowest BCUT2D eigenvalue weighted by atomic mass is 10.0. The summed E-state index contributed by atoms with van der Waals surface area (Å²) in [7, 11) is 0. The van der Waals surface area contributed by atoms with Crippen molar-refractivity contribution in [1.82, 2.24) is 0 Å². The molecule has 0 aliphatic rings. The van der Waals surface area contributed by atoms with Gasteiger partial charge >= 0.3 is 0 Å². The van der Waals surface area contributed by atoms with Crippen LogP contribution >= 0.6 is 11.6 Å². The van der Waals surface area contributed by atoms with Crippen molar-refractivity contribution in [3.05, 3.63) is 29.8 Å². The van der Waals surface area contributed by atoms with Crippen LogP contribution < -0.4 is 5.32 Å². The molecule has 3 heteroatoms. The highest BCUT2D eigenvalue weighted by Crippen LogP contribution is 2.17. The van der Waals surface area contributed by atoms with Gasteiger partial charge in [-0.1, -0.05) is 26.0 Å². The Kier molecular flexibility index (Phi) is 4.63. The average Bonchev–Trinajstić information content (AvgIpc) is 2.18. The van der Waals surface area contributed by atoms with Gasteiger partial charge in [0.15, 0.2) is 0 Å². The lowest BCUT2D eigenvalue weighted by molar-refractivity contribution is -0.115. The van der Waals surface area contributed by atoms with Gasteiger partial charge in [-0.2, -0.15) is 0 Å². The molecular formula is C12H16ClNO. The molecule has 1 aromatic carbocycles. The second kappa shape index (κ2) is 5.76. The molecule has 0 unspecified atom stereocenters. The molecule has 0 bridgehead atoms. The number of alkyl halides is 1. The zero-order chi connectivity index (χ0) is 11.3. The summed E-state index contributed by atoms with van der Waals surface area (Å²) < 4.78 is 0. The Morgan fingerprint density at radius 2 is 1.93 bits per heavy atom. The maximum atomic E-state index is 11.2. The third kappa shape index (κ3) is 3.92. The molecule has 0 heterocycles. The minimum atomic E-state index is -0.0395. The third-order valence-electron chi connectivity index (χ3n) is 2.18. The second-order valence-electron chi connectivity index (χ2n) is 3.76. The highest BCUT2D eigenvalue weighted by Gasteiger charge is 2.02. The van der Waals surface area contributed by atoms with E-state index in [1.165, 1.54) is 5.56 Å². The predicted octanol–water partition coefficient (Wildman–Crippen LogP) is 3.38. The van der Waals surface area contributed by atoms with E-state index in [-0.39, 0.29) is 5.91 Å². The monoisotopic (exact) mass is 225 g/mol. The number of nitrogens with one attached hydrogen (secondary N) is 1. The van der Waals surface area contributed by atoms with Crippen LogP contribution in [0, 0.1) is 0 Å². The van der Waals surface area contributed by atoms with E-state index >= 15 is 0 Å². The zero-order valence-electron chi connectivity index (χ0n) is 9.09. The first kappa shape index (κ1) is 12.1. The molecule has 0 fully saturated rings. The second-order valence-corrected chi connectivity index (χ2v) is 4.14. The number of rotatable bonds is 4. The summed E-state index contributed by atoms with van der Waals surface area (Å²) in [5.41, 5.74) is 2.10. The smallest absolute Gasteiger partial charge is 0.225 e. The van der Waals surface area contributed by atoms with Crippen molar-refractivity contribution in [2.24, 2.45) is 0 Å². The van der Waals surface area contributed by atoms with Gasteiger partial charge in [0, 0.05) is 18.0 Å². The molecular weight excluding hydrogens is 210 g/mol. The number of amides is 1. The van der Waals surface area contributed by atoms with E-state index in [1.54, 1.807) is 0 Å². The molecule has 0 aromatic heterocycles. The van der Waals surface area contributed by atoms with Crippen molar-refractivity contribution in [2.45, 2.75) is 26.2 Å². The zero-order valence-corrected chi connectivity index (χ0v) is 9.84.